The molecule has 0 saturated carbocycles. The lowest BCUT2D eigenvalue weighted by molar-refractivity contribution is -0.206. The zero-order valence-corrected chi connectivity index (χ0v) is 8.58. The minimum atomic E-state index is -4.63. The van der Waals surface area contributed by atoms with Crippen molar-refractivity contribution in [1.29, 1.82) is 0 Å². The van der Waals surface area contributed by atoms with Crippen LogP contribution < -0.4 is 4.74 Å². The summed E-state index contributed by atoms with van der Waals surface area (Å²) in [5.74, 6) is 0.602. The van der Waals surface area contributed by atoms with E-state index in [4.69, 9.17) is 9.84 Å². The highest BCUT2D eigenvalue weighted by Crippen LogP contribution is 2.36. The van der Waals surface area contributed by atoms with Crippen molar-refractivity contribution in [2.24, 2.45) is 0 Å². The topological polar surface area (TPSA) is 29.5 Å². The van der Waals surface area contributed by atoms with Crippen LogP contribution in [0.2, 0.25) is 0 Å². The number of aliphatic hydroxyl groups is 1. The van der Waals surface area contributed by atoms with Gasteiger partial charge in [-0.2, -0.15) is 13.2 Å². The highest BCUT2D eigenvalue weighted by atomic mass is 19.4. The van der Waals surface area contributed by atoms with Gasteiger partial charge in [-0.25, -0.2) is 0 Å². The summed E-state index contributed by atoms with van der Waals surface area (Å²) in [6.07, 6.45) is -6.49. The number of hydrogen-bond donors (Lipinski definition) is 1. The van der Waals surface area contributed by atoms with Crippen molar-refractivity contribution in [3.05, 3.63) is 29.3 Å². The number of hydrogen-bond acceptors (Lipinski definition) is 2. The van der Waals surface area contributed by atoms with E-state index < -0.39 is 12.3 Å². The van der Waals surface area contributed by atoms with Crippen molar-refractivity contribution in [3.63, 3.8) is 0 Å². The molecule has 16 heavy (non-hydrogen) atoms. The van der Waals surface area contributed by atoms with Crippen molar-refractivity contribution in [2.45, 2.75) is 31.7 Å². The summed E-state index contributed by atoms with van der Waals surface area (Å²) in [4.78, 5) is 0. The van der Waals surface area contributed by atoms with Crippen LogP contribution in [-0.4, -0.2) is 17.4 Å². The molecule has 0 spiro atoms. The van der Waals surface area contributed by atoms with Crippen molar-refractivity contribution in [2.75, 3.05) is 0 Å². The van der Waals surface area contributed by atoms with Gasteiger partial charge in [-0.3, -0.25) is 0 Å². The summed E-state index contributed by atoms with van der Waals surface area (Å²) in [6.45, 7) is 1.85. The molecule has 1 heterocycles. The molecule has 1 aromatic carbocycles. The van der Waals surface area contributed by atoms with Crippen LogP contribution in [0.4, 0.5) is 13.2 Å². The molecule has 0 aromatic heterocycles. The maximum absolute atomic E-state index is 12.3. The van der Waals surface area contributed by atoms with Gasteiger partial charge >= 0.3 is 6.18 Å². The minimum absolute atomic E-state index is 0.0201. The normalized spacial score (nSPS) is 21.4. The quantitative estimate of drug-likeness (QED) is 0.806. The van der Waals surface area contributed by atoms with Crippen LogP contribution in [0, 0.1) is 0 Å². The van der Waals surface area contributed by atoms with E-state index in [1.807, 2.05) is 6.92 Å². The summed E-state index contributed by atoms with van der Waals surface area (Å²) < 4.78 is 42.2. The first-order valence-electron chi connectivity index (χ1n) is 4.92. The molecule has 0 radical (unpaired) electrons. The molecule has 1 N–H and O–H groups in total. The summed E-state index contributed by atoms with van der Waals surface area (Å²) >= 11 is 0. The number of alkyl halides is 3. The molecular formula is C11H11F3O2. The number of halogens is 3. The Morgan fingerprint density at radius 1 is 1.44 bits per heavy atom. The first-order chi connectivity index (χ1) is 7.38. The summed E-state index contributed by atoms with van der Waals surface area (Å²) in [5.41, 5.74) is 0.581. The zero-order valence-electron chi connectivity index (χ0n) is 8.58. The molecule has 88 valence electrons. The van der Waals surface area contributed by atoms with Crippen molar-refractivity contribution < 1.29 is 23.0 Å². The summed E-state index contributed by atoms with van der Waals surface area (Å²) in [5, 5.41) is 9.09. The standard InChI is InChI=1S/C11H11F3O2/c1-6-4-8-5-7(2-3-9(8)16-6)10(15)11(12,13)14/h2-3,5-6,10,15H,4H2,1H3/t6?,10-/m0/s1. The Hall–Kier alpha value is -1.23. The molecule has 2 rings (SSSR count). The number of ether oxygens (including phenoxy) is 1. The first-order valence-corrected chi connectivity index (χ1v) is 4.92. The van der Waals surface area contributed by atoms with E-state index in [2.05, 4.69) is 0 Å². The lowest BCUT2D eigenvalue weighted by Gasteiger charge is -2.15. The SMILES string of the molecule is CC1Cc2cc([C@H](O)C(F)(F)F)ccc2O1. The monoisotopic (exact) mass is 232 g/mol. The third-order valence-electron chi connectivity index (χ3n) is 2.55. The fourth-order valence-electron chi connectivity index (χ4n) is 1.80. The molecule has 2 nitrogen and oxygen atoms in total. The minimum Gasteiger partial charge on any atom is -0.490 e. The van der Waals surface area contributed by atoms with Gasteiger partial charge in [0.15, 0.2) is 6.10 Å². The second-order valence-electron chi connectivity index (χ2n) is 3.94. The molecule has 0 amide bonds. The largest absolute Gasteiger partial charge is 0.490 e. The highest BCUT2D eigenvalue weighted by Gasteiger charge is 2.39. The predicted molar refractivity (Wildman–Crippen MR) is 51.3 cm³/mol. The molecule has 0 aliphatic carbocycles. The molecule has 2 atom stereocenters. The van der Waals surface area contributed by atoms with E-state index in [0.717, 1.165) is 0 Å². The predicted octanol–water partition coefficient (Wildman–Crippen LogP) is 2.61. The van der Waals surface area contributed by atoms with Crippen LogP contribution in [-0.2, 0) is 6.42 Å². The smallest absolute Gasteiger partial charge is 0.418 e. The Morgan fingerprint density at radius 2 is 2.12 bits per heavy atom. The molecule has 0 bridgehead atoms. The van der Waals surface area contributed by atoms with Gasteiger partial charge in [0.2, 0.25) is 0 Å². The third-order valence-corrected chi connectivity index (χ3v) is 2.55. The van der Waals surface area contributed by atoms with Crippen LogP contribution in [0.25, 0.3) is 0 Å². The number of aliphatic hydroxyl groups excluding tert-OH is 1. The maximum Gasteiger partial charge on any atom is 0.418 e. The van der Waals surface area contributed by atoms with Gasteiger partial charge in [-0.1, -0.05) is 6.07 Å². The third kappa shape index (κ3) is 2.00. The van der Waals surface area contributed by atoms with E-state index in [9.17, 15) is 13.2 Å². The van der Waals surface area contributed by atoms with Gasteiger partial charge in [0.25, 0.3) is 0 Å². The van der Waals surface area contributed by atoms with Crippen LogP contribution in [0.15, 0.2) is 18.2 Å². The Kier molecular flexibility index (Phi) is 2.58. The molecule has 1 aromatic rings. The molecule has 5 heteroatoms. The molecular weight excluding hydrogens is 221 g/mol. The van der Waals surface area contributed by atoms with E-state index in [1.54, 1.807) is 0 Å². The Balaban J connectivity index is 2.29. The average molecular weight is 232 g/mol. The Morgan fingerprint density at radius 3 is 2.75 bits per heavy atom. The van der Waals surface area contributed by atoms with Crippen molar-refractivity contribution in [3.8, 4) is 5.75 Å². The van der Waals surface area contributed by atoms with Crippen LogP contribution in [0.1, 0.15) is 24.2 Å². The first kappa shape index (κ1) is 11.3. The Bertz CT molecular complexity index is 401. The number of rotatable bonds is 1. The number of benzene rings is 1. The average Bonchev–Trinajstić information content (AvgIpc) is 2.54. The second-order valence-corrected chi connectivity index (χ2v) is 3.94. The summed E-state index contributed by atoms with van der Waals surface area (Å²) in [7, 11) is 0. The highest BCUT2D eigenvalue weighted by molar-refractivity contribution is 5.41. The van der Waals surface area contributed by atoms with E-state index in [-0.39, 0.29) is 11.7 Å². The lowest BCUT2D eigenvalue weighted by Crippen LogP contribution is -2.20. The van der Waals surface area contributed by atoms with Crippen LogP contribution >= 0.6 is 0 Å². The summed E-state index contributed by atoms with van der Waals surface area (Å²) in [6, 6.07) is 4.08. The Labute approximate surface area is 90.7 Å². The van der Waals surface area contributed by atoms with Gasteiger partial charge < -0.3 is 9.84 Å². The van der Waals surface area contributed by atoms with Gasteiger partial charge in [0.1, 0.15) is 11.9 Å². The van der Waals surface area contributed by atoms with Gasteiger partial charge in [-0.15, -0.1) is 0 Å². The molecule has 1 unspecified atom stereocenters. The van der Waals surface area contributed by atoms with Crippen molar-refractivity contribution in [1.82, 2.24) is 0 Å². The number of fused-ring (bicyclic) bond motifs is 1. The van der Waals surface area contributed by atoms with Gasteiger partial charge in [-0.05, 0) is 30.2 Å². The van der Waals surface area contributed by atoms with Crippen molar-refractivity contribution >= 4 is 0 Å². The van der Waals surface area contributed by atoms with Crippen LogP contribution in [0.3, 0.4) is 0 Å². The van der Waals surface area contributed by atoms with E-state index in [1.165, 1.54) is 18.2 Å². The molecule has 1 aliphatic heterocycles. The van der Waals surface area contributed by atoms with E-state index >= 15 is 0 Å². The second kappa shape index (κ2) is 3.66. The molecule has 0 fully saturated rings. The van der Waals surface area contributed by atoms with E-state index in [0.29, 0.717) is 17.7 Å². The molecule has 0 saturated heterocycles. The van der Waals surface area contributed by atoms with Crippen LogP contribution in [0.5, 0.6) is 5.75 Å². The maximum atomic E-state index is 12.3. The zero-order chi connectivity index (χ0) is 11.9. The fourth-order valence-corrected chi connectivity index (χ4v) is 1.80. The fraction of sp³-hybridized carbons (Fsp3) is 0.455. The van der Waals surface area contributed by atoms with Gasteiger partial charge in [0, 0.05) is 6.42 Å². The van der Waals surface area contributed by atoms with Gasteiger partial charge in [0.05, 0.1) is 0 Å². The molecule has 1 aliphatic rings. The lowest BCUT2D eigenvalue weighted by atomic mass is 10.0.